The molecule has 0 aliphatic carbocycles. The molecule has 12 heavy (non-hydrogen) atoms. The fourth-order valence-corrected chi connectivity index (χ4v) is 0.933. The second kappa shape index (κ2) is 7.07. The molecule has 0 aromatic rings. The van der Waals surface area contributed by atoms with E-state index in [4.69, 9.17) is 11.5 Å². The van der Waals surface area contributed by atoms with Crippen LogP contribution in [-0.4, -0.2) is 13.1 Å². The van der Waals surface area contributed by atoms with Crippen molar-refractivity contribution in [2.75, 3.05) is 13.1 Å². The Bertz CT molecular complexity index is 169. The molecule has 0 aliphatic heterocycles. The van der Waals surface area contributed by atoms with Crippen LogP contribution >= 0.6 is 0 Å². The van der Waals surface area contributed by atoms with Crippen LogP contribution in [0.5, 0.6) is 0 Å². The van der Waals surface area contributed by atoms with Crippen LogP contribution in [-0.2, 0) is 0 Å². The number of hydrogen-bond acceptors (Lipinski definition) is 2. The fraction of sp³-hybridized carbons (Fsp3) is 0.600. The predicted molar refractivity (Wildman–Crippen MR) is 54.9 cm³/mol. The molecule has 0 bridgehead atoms. The Morgan fingerprint density at radius 3 is 2.25 bits per heavy atom. The van der Waals surface area contributed by atoms with Gasteiger partial charge in [0.15, 0.2) is 0 Å². The van der Waals surface area contributed by atoms with Crippen molar-refractivity contribution in [3.63, 3.8) is 0 Å². The summed E-state index contributed by atoms with van der Waals surface area (Å²) in [6, 6.07) is 0. The smallest absolute Gasteiger partial charge is 0.0134 e. The summed E-state index contributed by atoms with van der Waals surface area (Å²) >= 11 is 0. The number of hydrogen-bond donors (Lipinski definition) is 2. The maximum Gasteiger partial charge on any atom is 0.0134 e. The van der Waals surface area contributed by atoms with Gasteiger partial charge in [-0.1, -0.05) is 23.3 Å². The van der Waals surface area contributed by atoms with Crippen molar-refractivity contribution in [1.29, 1.82) is 0 Å². The van der Waals surface area contributed by atoms with Gasteiger partial charge in [0.25, 0.3) is 0 Å². The highest BCUT2D eigenvalue weighted by Crippen LogP contribution is 2.05. The first-order chi connectivity index (χ1) is 5.70. The molecule has 70 valence electrons. The van der Waals surface area contributed by atoms with Crippen LogP contribution in [0.3, 0.4) is 0 Å². The maximum atomic E-state index is 5.44. The van der Waals surface area contributed by atoms with Gasteiger partial charge in [0, 0.05) is 13.1 Å². The summed E-state index contributed by atoms with van der Waals surface area (Å²) in [6.07, 6.45) is 6.42. The second-order valence-corrected chi connectivity index (χ2v) is 3.08. The van der Waals surface area contributed by atoms with Crippen molar-refractivity contribution in [2.45, 2.75) is 26.7 Å². The molecule has 0 rings (SSSR count). The molecule has 0 atom stereocenters. The zero-order valence-corrected chi connectivity index (χ0v) is 8.14. The molecule has 0 heterocycles. The van der Waals surface area contributed by atoms with Gasteiger partial charge in [-0.05, 0) is 26.7 Å². The van der Waals surface area contributed by atoms with Crippen LogP contribution in [0.15, 0.2) is 23.3 Å². The number of nitrogens with two attached hydrogens (primary N) is 2. The molecule has 2 heteroatoms. The first-order valence-corrected chi connectivity index (χ1v) is 4.42. The molecule has 4 N–H and O–H groups in total. The molecule has 2 nitrogen and oxygen atoms in total. The van der Waals surface area contributed by atoms with Crippen molar-refractivity contribution < 1.29 is 0 Å². The Balaban J connectivity index is 3.62. The third-order valence-corrected chi connectivity index (χ3v) is 1.82. The zero-order valence-electron chi connectivity index (χ0n) is 8.14. The highest BCUT2D eigenvalue weighted by Gasteiger charge is 1.88. The fourth-order valence-electron chi connectivity index (χ4n) is 0.933. The van der Waals surface area contributed by atoms with E-state index < -0.39 is 0 Å². The summed E-state index contributed by atoms with van der Waals surface area (Å²) in [7, 11) is 0. The third kappa shape index (κ3) is 6.13. The van der Waals surface area contributed by atoms with Crippen LogP contribution in [0.2, 0.25) is 0 Å². The second-order valence-electron chi connectivity index (χ2n) is 3.08. The largest absolute Gasteiger partial charge is 0.327 e. The van der Waals surface area contributed by atoms with Crippen molar-refractivity contribution in [1.82, 2.24) is 0 Å². The summed E-state index contributed by atoms with van der Waals surface area (Å²) in [6.45, 7) is 5.48. The minimum Gasteiger partial charge on any atom is -0.327 e. The van der Waals surface area contributed by atoms with E-state index in [9.17, 15) is 0 Å². The lowest BCUT2D eigenvalue weighted by atomic mass is 10.1. The molecule has 0 saturated carbocycles. The standard InChI is InChI=1S/C10H20N2/c1-9(6-7-11)4-3-5-10(2)8-12/h5-6H,3-4,7-8,11-12H2,1-2H3. The predicted octanol–water partition coefficient (Wildman–Crippen LogP) is 1.58. The summed E-state index contributed by atoms with van der Waals surface area (Å²) in [5, 5.41) is 0. The Morgan fingerprint density at radius 1 is 1.08 bits per heavy atom. The van der Waals surface area contributed by atoms with Gasteiger partial charge < -0.3 is 11.5 Å². The molecule has 0 fully saturated rings. The average Bonchev–Trinajstić information content (AvgIpc) is 2.04. The van der Waals surface area contributed by atoms with Crippen molar-refractivity contribution >= 4 is 0 Å². The lowest BCUT2D eigenvalue weighted by Crippen LogP contribution is -1.99. The SMILES string of the molecule is CC(=CCCC(C)=CCN)CN. The van der Waals surface area contributed by atoms with Gasteiger partial charge in [-0.15, -0.1) is 0 Å². The van der Waals surface area contributed by atoms with E-state index in [-0.39, 0.29) is 0 Å². The normalized spacial score (nSPS) is 13.7. The first-order valence-electron chi connectivity index (χ1n) is 4.42. The Kier molecular flexibility index (Phi) is 6.72. The van der Waals surface area contributed by atoms with E-state index in [0.29, 0.717) is 13.1 Å². The van der Waals surface area contributed by atoms with Crippen LogP contribution in [0.25, 0.3) is 0 Å². The van der Waals surface area contributed by atoms with Gasteiger partial charge in [-0.2, -0.15) is 0 Å². The van der Waals surface area contributed by atoms with Gasteiger partial charge in [0.05, 0.1) is 0 Å². The van der Waals surface area contributed by atoms with Crippen LogP contribution < -0.4 is 11.5 Å². The first kappa shape index (κ1) is 11.4. The molecular weight excluding hydrogens is 148 g/mol. The minimum absolute atomic E-state index is 0.644. The van der Waals surface area contributed by atoms with E-state index in [1.54, 1.807) is 0 Å². The number of rotatable bonds is 5. The summed E-state index contributed by atoms with van der Waals surface area (Å²) in [5.74, 6) is 0. The lowest BCUT2D eigenvalue weighted by molar-refractivity contribution is 0.948. The minimum atomic E-state index is 0.644. The monoisotopic (exact) mass is 168 g/mol. The van der Waals surface area contributed by atoms with Crippen molar-refractivity contribution in [2.24, 2.45) is 11.5 Å². The van der Waals surface area contributed by atoms with Crippen molar-refractivity contribution in [3.05, 3.63) is 23.3 Å². The van der Waals surface area contributed by atoms with Gasteiger partial charge in [0.2, 0.25) is 0 Å². The molecule has 0 saturated heterocycles. The van der Waals surface area contributed by atoms with E-state index >= 15 is 0 Å². The van der Waals surface area contributed by atoms with Gasteiger partial charge in [-0.3, -0.25) is 0 Å². The maximum absolute atomic E-state index is 5.44. The quantitative estimate of drug-likeness (QED) is 0.612. The summed E-state index contributed by atoms with van der Waals surface area (Å²) in [4.78, 5) is 0. The number of allylic oxidation sites excluding steroid dienone is 2. The molecule has 0 aromatic heterocycles. The lowest BCUT2D eigenvalue weighted by Gasteiger charge is -1.98. The van der Waals surface area contributed by atoms with E-state index in [1.165, 1.54) is 11.1 Å². The Hall–Kier alpha value is -0.600. The Labute approximate surface area is 75.3 Å². The third-order valence-electron chi connectivity index (χ3n) is 1.82. The van der Waals surface area contributed by atoms with Gasteiger partial charge >= 0.3 is 0 Å². The highest BCUT2D eigenvalue weighted by atomic mass is 14.5. The van der Waals surface area contributed by atoms with Crippen LogP contribution in [0, 0.1) is 0 Å². The molecule has 0 aliphatic rings. The Morgan fingerprint density at radius 2 is 1.75 bits per heavy atom. The molecule has 0 aromatic carbocycles. The summed E-state index contributed by atoms with van der Waals surface area (Å²) < 4.78 is 0. The van der Waals surface area contributed by atoms with E-state index in [0.717, 1.165) is 12.8 Å². The molecule has 0 spiro atoms. The average molecular weight is 168 g/mol. The molecule has 0 amide bonds. The van der Waals surface area contributed by atoms with Gasteiger partial charge in [-0.25, -0.2) is 0 Å². The molecular formula is C10H20N2. The molecule has 0 unspecified atom stereocenters. The van der Waals surface area contributed by atoms with Crippen LogP contribution in [0.4, 0.5) is 0 Å². The molecule has 0 radical (unpaired) electrons. The van der Waals surface area contributed by atoms with E-state index in [1.807, 2.05) is 0 Å². The van der Waals surface area contributed by atoms with Gasteiger partial charge in [0.1, 0.15) is 0 Å². The van der Waals surface area contributed by atoms with Crippen molar-refractivity contribution in [3.8, 4) is 0 Å². The van der Waals surface area contributed by atoms with Crippen LogP contribution in [0.1, 0.15) is 26.7 Å². The topological polar surface area (TPSA) is 52.0 Å². The van der Waals surface area contributed by atoms with E-state index in [2.05, 4.69) is 26.0 Å². The summed E-state index contributed by atoms with van der Waals surface area (Å²) in [5.41, 5.74) is 13.4. The highest BCUT2D eigenvalue weighted by molar-refractivity contribution is 5.04. The zero-order chi connectivity index (χ0) is 9.40.